The summed E-state index contributed by atoms with van der Waals surface area (Å²) in [5, 5.41) is 0. The van der Waals surface area contributed by atoms with Gasteiger partial charge in [-0.15, -0.1) is 0 Å². The molecule has 0 aliphatic carbocycles. The Morgan fingerprint density at radius 2 is 0.975 bits per heavy atom. The van der Waals surface area contributed by atoms with Gasteiger partial charge in [0.05, 0.1) is 24.0 Å². The van der Waals surface area contributed by atoms with Crippen LogP contribution in [0.15, 0.2) is 94.7 Å². The van der Waals surface area contributed by atoms with Crippen LogP contribution in [0.2, 0.25) is 0 Å². The highest BCUT2D eigenvalue weighted by Crippen LogP contribution is 2.25. The molecule has 2 unspecified atom stereocenters. The smallest absolute Gasteiger partial charge is 0.324 e. The van der Waals surface area contributed by atoms with Gasteiger partial charge in [-0.1, -0.05) is 66.7 Å². The maximum atomic E-state index is 13.6. The molecule has 3 aromatic carbocycles. The van der Waals surface area contributed by atoms with E-state index in [2.05, 4.69) is 0 Å². The Bertz CT molecular complexity index is 1420. The Morgan fingerprint density at radius 3 is 1.30 bits per heavy atom. The normalized spacial score (nSPS) is 13.6. The summed E-state index contributed by atoms with van der Waals surface area (Å²) >= 11 is 0. The molecule has 0 aliphatic heterocycles. The van der Waals surface area contributed by atoms with Gasteiger partial charge < -0.3 is 9.47 Å². The van der Waals surface area contributed by atoms with E-state index >= 15 is 0 Å². The molecule has 0 saturated heterocycles. The summed E-state index contributed by atoms with van der Waals surface area (Å²) in [4.78, 5) is 24.5. The molecular weight excluding hydrogens is 556 g/mol. The van der Waals surface area contributed by atoms with E-state index in [1.807, 2.05) is 0 Å². The van der Waals surface area contributed by atoms with Crippen molar-refractivity contribution in [3.8, 4) is 0 Å². The van der Waals surface area contributed by atoms with Gasteiger partial charge in [-0.2, -0.15) is 8.61 Å². The summed E-state index contributed by atoms with van der Waals surface area (Å²) in [6, 6.07) is 20.1. The predicted molar refractivity (Wildman–Crippen MR) is 148 cm³/mol. The first kappa shape index (κ1) is 31.0. The number of rotatable bonds is 12. The van der Waals surface area contributed by atoms with Crippen LogP contribution in [0.1, 0.15) is 11.1 Å². The first-order valence-corrected chi connectivity index (χ1v) is 15.1. The van der Waals surface area contributed by atoms with Crippen LogP contribution < -0.4 is 0 Å². The highest BCUT2D eigenvalue weighted by molar-refractivity contribution is 7.90. The Balaban J connectivity index is 1.96. The van der Waals surface area contributed by atoms with E-state index in [0.29, 0.717) is 11.1 Å². The molecule has 0 bridgehead atoms. The third-order valence-corrected chi connectivity index (χ3v) is 10.3. The molecule has 0 radical (unpaired) electrons. The summed E-state index contributed by atoms with van der Waals surface area (Å²) < 4.78 is 65.9. The van der Waals surface area contributed by atoms with E-state index in [1.165, 1.54) is 32.3 Å². The van der Waals surface area contributed by atoms with Crippen LogP contribution in [-0.2, 0) is 52.0 Å². The molecular formula is C28H32N2O8S2. The number of ether oxygens (including phenoxy) is 2. The zero-order valence-corrected chi connectivity index (χ0v) is 24.3. The number of hydrogen-bond donors (Lipinski definition) is 0. The molecule has 40 heavy (non-hydrogen) atoms. The fourth-order valence-electron chi connectivity index (χ4n) is 4.13. The first-order valence-electron chi connectivity index (χ1n) is 12.2. The fraction of sp³-hybridized carbons (Fsp3) is 0.286. The molecule has 0 fully saturated rings. The van der Waals surface area contributed by atoms with Gasteiger partial charge in [0.2, 0.25) is 20.0 Å². The highest BCUT2D eigenvalue weighted by Gasteiger charge is 2.37. The zero-order chi connectivity index (χ0) is 29.5. The van der Waals surface area contributed by atoms with E-state index in [4.69, 9.17) is 9.47 Å². The summed E-state index contributed by atoms with van der Waals surface area (Å²) in [7, 11) is -3.91. The maximum Gasteiger partial charge on any atom is 0.324 e. The standard InChI is InChI=1S/C28H32N2O8S2/c1-29(25(27(31)37-3)18-21-12-7-5-8-13-21)39(33,34)23-16-11-17-24(20-23)40(35,36)30(2)26(28(32)38-4)19-22-14-9-6-10-15-22/h5-17,20,25-26H,18-19H2,1-4H3. The third kappa shape index (κ3) is 6.94. The lowest BCUT2D eigenvalue weighted by atomic mass is 10.1. The SMILES string of the molecule is COC(=O)C(Cc1ccccc1)N(C)S(=O)(=O)c1cccc(S(=O)(=O)N(C)C(Cc2ccccc2)C(=O)OC)c1. The Hall–Kier alpha value is -3.58. The van der Waals surface area contributed by atoms with Crippen molar-refractivity contribution >= 4 is 32.0 Å². The second kappa shape index (κ2) is 13.2. The minimum atomic E-state index is -4.35. The van der Waals surface area contributed by atoms with Gasteiger partial charge in [0, 0.05) is 14.1 Å². The van der Waals surface area contributed by atoms with Gasteiger partial charge in [-0.3, -0.25) is 9.59 Å². The van der Waals surface area contributed by atoms with Crippen LogP contribution >= 0.6 is 0 Å². The highest BCUT2D eigenvalue weighted by atomic mass is 32.2. The van der Waals surface area contributed by atoms with Crippen LogP contribution in [0.25, 0.3) is 0 Å². The quantitative estimate of drug-likeness (QED) is 0.296. The third-order valence-electron chi connectivity index (χ3n) is 6.53. The van der Waals surface area contributed by atoms with Crippen molar-refractivity contribution in [3.05, 3.63) is 96.1 Å². The molecule has 0 spiro atoms. The number of hydrogen-bond acceptors (Lipinski definition) is 8. The fourth-order valence-corrected chi connectivity index (χ4v) is 6.91. The molecule has 0 aromatic heterocycles. The summed E-state index contributed by atoms with van der Waals surface area (Å²) in [6.45, 7) is 0. The van der Waals surface area contributed by atoms with Crippen molar-refractivity contribution in [2.45, 2.75) is 34.7 Å². The molecule has 10 nitrogen and oxygen atoms in total. The molecule has 0 heterocycles. The van der Waals surface area contributed by atoms with Crippen LogP contribution in [0.5, 0.6) is 0 Å². The van der Waals surface area contributed by atoms with Gasteiger partial charge >= 0.3 is 11.9 Å². The zero-order valence-electron chi connectivity index (χ0n) is 22.6. The minimum Gasteiger partial charge on any atom is -0.468 e. The van der Waals surface area contributed by atoms with E-state index in [9.17, 15) is 26.4 Å². The van der Waals surface area contributed by atoms with Crippen molar-refractivity contribution in [2.24, 2.45) is 0 Å². The molecule has 0 N–H and O–H groups in total. The average Bonchev–Trinajstić information content (AvgIpc) is 2.98. The molecule has 0 amide bonds. The number of benzene rings is 3. The maximum absolute atomic E-state index is 13.6. The van der Waals surface area contributed by atoms with Crippen molar-refractivity contribution < 1.29 is 35.9 Å². The monoisotopic (exact) mass is 588 g/mol. The topological polar surface area (TPSA) is 127 Å². The number of carbonyl (C=O) groups is 2. The largest absolute Gasteiger partial charge is 0.468 e. The van der Waals surface area contributed by atoms with Crippen molar-refractivity contribution in [1.82, 2.24) is 8.61 Å². The van der Waals surface area contributed by atoms with Gasteiger partial charge in [0.15, 0.2) is 0 Å². The Morgan fingerprint density at radius 1 is 0.625 bits per heavy atom. The number of nitrogens with zero attached hydrogens (tertiary/aromatic N) is 2. The Labute approximate surface area is 235 Å². The predicted octanol–water partition coefficient (Wildman–Crippen LogP) is 2.50. The lowest BCUT2D eigenvalue weighted by molar-refractivity contribution is -0.145. The molecule has 12 heteroatoms. The lowest BCUT2D eigenvalue weighted by Gasteiger charge is -2.27. The van der Waals surface area contributed by atoms with Crippen molar-refractivity contribution in [3.63, 3.8) is 0 Å². The molecule has 3 rings (SSSR count). The van der Waals surface area contributed by atoms with E-state index in [1.54, 1.807) is 60.7 Å². The number of likely N-dealkylation sites (N-methyl/N-ethyl adjacent to an activating group) is 2. The molecule has 2 atom stereocenters. The van der Waals surface area contributed by atoms with Crippen LogP contribution in [-0.4, -0.2) is 77.8 Å². The van der Waals surface area contributed by atoms with Crippen LogP contribution in [0, 0.1) is 0 Å². The number of esters is 2. The van der Waals surface area contributed by atoms with Crippen molar-refractivity contribution in [1.29, 1.82) is 0 Å². The Kier molecular flexibility index (Phi) is 10.2. The lowest BCUT2D eigenvalue weighted by Crippen LogP contribution is -2.45. The summed E-state index contributed by atoms with van der Waals surface area (Å²) in [6.07, 6.45) is 0.0918. The van der Waals surface area contributed by atoms with Crippen molar-refractivity contribution in [2.75, 3.05) is 28.3 Å². The average molecular weight is 589 g/mol. The molecule has 214 valence electrons. The van der Waals surface area contributed by atoms with E-state index < -0.39 is 44.1 Å². The second-order valence-electron chi connectivity index (χ2n) is 8.97. The van der Waals surface area contributed by atoms with Gasteiger partial charge in [0.1, 0.15) is 12.1 Å². The summed E-state index contributed by atoms with van der Waals surface area (Å²) in [5.41, 5.74) is 1.43. The van der Waals surface area contributed by atoms with Gasteiger partial charge in [0.25, 0.3) is 0 Å². The minimum absolute atomic E-state index is 0.0459. The number of sulfonamides is 2. The molecule has 0 aliphatic rings. The van der Waals surface area contributed by atoms with E-state index in [-0.39, 0.29) is 22.6 Å². The molecule has 3 aromatic rings. The summed E-state index contributed by atoms with van der Waals surface area (Å²) in [5.74, 6) is -1.53. The number of methoxy groups -OCH3 is 2. The van der Waals surface area contributed by atoms with Crippen LogP contribution in [0.3, 0.4) is 0 Å². The first-order chi connectivity index (χ1) is 18.9. The van der Waals surface area contributed by atoms with Gasteiger partial charge in [-0.25, -0.2) is 16.8 Å². The van der Waals surface area contributed by atoms with E-state index in [0.717, 1.165) is 28.9 Å². The second-order valence-corrected chi connectivity index (χ2v) is 13.0. The number of carbonyl (C=O) groups excluding carboxylic acids is 2. The van der Waals surface area contributed by atoms with Crippen LogP contribution in [0.4, 0.5) is 0 Å². The van der Waals surface area contributed by atoms with Gasteiger partial charge in [-0.05, 0) is 42.2 Å². The molecule has 0 saturated carbocycles.